The summed E-state index contributed by atoms with van der Waals surface area (Å²) in [6, 6.07) is 15.0. The van der Waals surface area contributed by atoms with Crippen molar-refractivity contribution in [2.75, 3.05) is 25.6 Å². The van der Waals surface area contributed by atoms with Gasteiger partial charge >= 0.3 is 0 Å². The second-order valence-electron chi connectivity index (χ2n) is 4.39. The zero-order chi connectivity index (χ0) is 14.2. The average Bonchev–Trinajstić information content (AvgIpc) is 2.47. The monoisotopic (exact) mass is 273 g/mol. The lowest BCUT2D eigenvalue weighted by atomic mass is 10.2. The van der Waals surface area contributed by atoms with Crippen molar-refractivity contribution >= 4 is 5.69 Å². The highest BCUT2D eigenvalue weighted by molar-refractivity contribution is 5.48. The van der Waals surface area contributed by atoms with Crippen molar-refractivity contribution in [1.29, 1.82) is 0 Å². The fourth-order valence-electron chi connectivity index (χ4n) is 1.76. The predicted octanol–water partition coefficient (Wildman–Crippen LogP) is 3.03. The molecule has 0 bridgehead atoms. The molecule has 2 N–H and O–H groups in total. The Kier molecular flexibility index (Phi) is 5.26. The Bertz CT molecular complexity index is 526. The van der Waals surface area contributed by atoms with E-state index in [-0.39, 0.29) is 5.75 Å². The first kappa shape index (κ1) is 14.2. The highest BCUT2D eigenvalue weighted by atomic mass is 16.5. The molecule has 4 nitrogen and oxygen atoms in total. The van der Waals surface area contributed by atoms with Crippen LogP contribution in [-0.4, -0.2) is 25.4 Å². The standard InChI is InChI=1S/C16H19NO3/c1-19-9-10-20-16-4-2-3-14(11-16)17-12-13-5-7-15(18)8-6-13/h2-8,11,17-18H,9-10,12H2,1H3. The summed E-state index contributed by atoms with van der Waals surface area (Å²) in [5, 5.41) is 12.6. The Morgan fingerprint density at radius 3 is 2.60 bits per heavy atom. The van der Waals surface area contributed by atoms with Gasteiger partial charge in [-0.2, -0.15) is 0 Å². The SMILES string of the molecule is COCCOc1cccc(NCc2ccc(O)cc2)c1. The molecule has 0 fully saturated rings. The van der Waals surface area contributed by atoms with E-state index in [2.05, 4.69) is 5.32 Å². The third kappa shape index (κ3) is 4.48. The van der Waals surface area contributed by atoms with E-state index in [4.69, 9.17) is 9.47 Å². The summed E-state index contributed by atoms with van der Waals surface area (Å²) in [7, 11) is 1.65. The second kappa shape index (κ2) is 7.40. The molecule has 106 valence electrons. The van der Waals surface area contributed by atoms with Crippen molar-refractivity contribution in [2.45, 2.75) is 6.54 Å². The van der Waals surface area contributed by atoms with Gasteiger partial charge in [-0.1, -0.05) is 18.2 Å². The molecule has 0 saturated carbocycles. The number of benzene rings is 2. The van der Waals surface area contributed by atoms with Crippen molar-refractivity contribution in [3.05, 3.63) is 54.1 Å². The molecule has 0 spiro atoms. The zero-order valence-electron chi connectivity index (χ0n) is 11.5. The number of aromatic hydroxyl groups is 1. The minimum atomic E-state index is 0.280. The molecular formula is C16H19NO3. The van der Waals surface area contributed by atoms with E-state index in [1.807, 2.05) is 36.4 Å². The fraction of sp³-hybridized carbons (Fsp3) is 0.250. The number of hydrogen-bond donors (Lipinski definition) is 2. The van der Waals surface area contributed by atoms with Gasteiger partial charge < -0.3 is 19.9 Å². The second-order valence-corrected chi connectivity index (χ2v) is 4.39. The Morgan fingerprint density at radius 2 is 1.85 bits per heavy atom. The van der Waals surface area contributed by atoms with Gasteiger partial charge in [0, 0.05) is 25.4 Å². The number of phenols is 1. The molecule has 4 heteroatoms. The van der Waals surface area contributed by atoms with Gasteiger partial charge in [0.15, 0.2) is 0 Å². The molecule has 0 aliphatic rings. The number of ether oxygens (including phenoxy) is 2. The van der Waals surface area contributed by atoms with Gasteiger partial charge in [0.25, 0.3) is 0 Å². The van der Waals surface area contributed by atoms with Crippen LogP contribution in [0, 0.1) is 0 Å². The Labute approximate surface area is 119 Å². The maximum atomic E-state index is 9.23. The number of anilines is 1. The van der Waals surface area contributed by atoms with Crippen LogP contribution >= 0.6 is 0 Å². The van der Waals surface area contributed by atoms with Crippen molar-refractivity contribution in [3.8, 4) is 11.5 Å². The molecule has 0 aliphatic heterocycles. The maximum Gasteiger partial charge on any atom is 0.121 e. The quantitative estimate of drug-likeness (QED) is 0.761. The van der Waals surface area contributed by atoms with Crippen LogP contribution < -0.4 is 10.1 Å². The lowest BCUT2D eigenvalue weighted by Gasteiger charge is -2.10. The van der Waals surface area contributed by atoms with Gasteiger partial charge in [0.1, 0.15) is 18.1 Å². The molecule has 0 amide bonds. The molecule has 20 heavy (non-hydrogen) atoms. The van der Waals surface area contributed by atoms with Crippen molar-refractivity contribution < 1.29 is 14.6 Å². The van der Waals surface area contributed by atoms with Crippen LogP contribution in [-0.2, 0) is 11.3 Å². The van der Waals surface area contributed by atoms with Gasteiger partial charge in [0.2, 0.25) is 0 Å². The summed E-state index contributed by atoms with van der Waals surface area (Å²) in [5.41, 5.74) is 2.10. The normalized spacial score (nSPS) is 10.2. The van der Waals surface area contributed by atoms with E-state index < -0.39 is 0 Å². The molecule has 2 aromatic rings. The Morgan fingerprint density at radius 1 is 1.05 bits per heavy atom. The lowest BCUT2D eigenvalue weighted by molar-refractivity contribution is 0.146. The number of methoxy groups -OCH3 is 1. The van der Waals surface area contributed by atoms with Crippen LogP contribution in [0.5, 0.6) is 11.5 Å². The average molecular weight is 273 g/mol. The first-order chi connectivity index (χ1) is 9.78. The van der Waals surface area contributed by atoms with E-state index in [0.29, 0.717) is 19.8 Å². The van der Waals surface area contributed by atoms with Crippen LogP contribution in [0.25, 0.3) is 0 Å². The highest BCUT2D eigenvalue weighted by Gasteiger charge is 1.98. The van der Waals surface area contributed by atoms with E-state index in [1.165, 1.54) is 0 Å². The van der Waals surface area contributed by atoms with Crippen LogP contribution in [0.4, 0.5) is 5.69 Å². The first-order valence-corrected chi connectivity index (χ1v) is 6.51. The first-order valence-electron chi connectivity index (χ1n) is 6.51. The van der Waals surface area contributed by atoms with E-state index in [1.54, 1.807) is 19.2 Å². The van der Waals surface area contributed by atoms with Crippen molar-refractivity contribution in [1.82, 2.24) is 0 Å². The summed E-state index contributed by atoms with van der Waals surface area (Å²) >= 11 is 0. The molecule has 2 rings (SSSR count). The van der Waals surface area contributed by atoms with Gasteiger partial charge in [-0.25, -0.2) is 0 Å². The lowest BCUT2D eigenvalue weighted by Crippen LogP contribution is -2.05. The molecule has 0 aliphatic carbocycles. The smallest absolute Gasteiger partial charge is 0.121 e. The largest absolute Gasteiger partial charge is 0.508 e. The summed E-state index contributed by atoms with van der Waals surface area (Å²) in [4.78, 5) is 0. The van der Waals surface area contributed by atoms with E-state index in [0.717, 1.165) is 17.0 Å². The maximum absolute atomic E-state index is 9.23. The number of rotatable bonds is 7. The van der Waals surface area contributed by atoms with Crippen LogP contribution in [0.3, 0.4) is 0 Å². The summed E-state index contributed by atoms with van der Waals surface area (Å²) in [6.07, 6.45) is 0. The topological polar surface area (TPSA) is 50.7 Å². The molecule has 0 saturated heterocycles. The molecular weight excluding hydrogens is 254 g/mol. The van der Waals surface area contributed by atoms with Crippen molar-refractivity contribution in [2.24, 2.45) is 0 Å². The Balaban J connectivity index is 1.89. The molecule has 0 unspecified atom stereocenters. The molecule has 2 aromatic carbocycles. The predicted molar refractivity (Wildman–Crippen MR) is 79.2 cm³/mol. The summed E-state index contributed by atoms with van der Waals surface area (Å²) < 4.78 is 10.5. The van der Waals surface area contributed by atoms with E-state index in [9.17, 15) is 5.11 Å². The molecule has 0 atom stereocenters. The minimum absolute atomic E-state index is 0.280. The number of nitrogens with one attached hydrogen (secondary N) is 1. The summed E-state index contributed by atoms with van der Waals surface area (Å²) in [6.45, 7) is 1.81. The van der Waals surface area contributed by atoms with Crippen LogP contribution in [0.1, 0.15) is 5.56 Å². The van der Waals surface area contributed by atoms with Gasteiger partial charge in [-0.05, 0) is 29.8 Å². The molecule has 0 radical (unpaired) electrons. The third-order valence-electron chi connectivity index (χ3n) is 2.82. The van der Waals surface area contributed by atoms with Crippen molar-refractivity contribution in [3.63, 3.8) is 0 Å². The van der Waals surface area contributed by atoms with Gasteiger partial charge in [0.05, 0.1) is 6.61 Å². The van der Waals surface area contributed by atoms with E-state index >= 15 is 0 Å². The van der Waals surface area contributed by atoms with Crippen LogP contribution in [0.15, 0.2) is 48.5 Å². The third-order valence-corrected chi connectivity index (χ3v) is 2.82. The number of phenolic OH excluding ortho intramolecular Hbond substituents is 1. The molecule has 0 heterocycles. The molecule has 0 aromatic heterocycles. The van der Waals surface area contributed by atoms with Gasteiger partial charge in [-0.15, -0.1) is 0 Å². The minimum Gasteiger partial charge on any atom is -0.508 e. The van der Waals surface area contributed by atoms with Crippen LogP contribution in [0.2, 0.25) is 0 Å². The highest BCUT2D eigenvalue weighted by Crippen LogP contribution is 2.18. The van der Waals surface area contributed by atoms with Gasteiger partial charge in [-0.3, -0.25) is 0 Å². The zero-order valence-corrected chi connectivity index (χ0v) is 11.5. The Hall–Kier alpha value is -2.20. The summed E-state index contributed by atoms with van der Waals surface area (Å²) in [5.74, 6) is 1.10. The fourth-order valence-corrected chi connectivity index (χ4v) is 1.76. The number of hydrogen-bond acceptors (Lipinski definition) is 4.